The molecule has 0 unspecified atom stereocenters. The summed E-state index contributed by atoms with van der Waals surface area (Å²) in [6.45, 7) is 4.16. The number of hydrogen-bond donors (Lipinski definition) is 0. The molecule has 0 bridgehead atoms. The van der Waals surface area contributed by atoms with Gasteiger partial charge < -0.3 is 14.5 Å². The number of piperidine rings is 1. The predicted octanol–water partition coefficient (Wildman–Crippen LogP) is 4.62. The summed E-state index contributed by atoms with van der Waals surface area (Å²) in [5.41, 5.74) is 2.42. The maximum atomic E-state index is 13.0. The second-order valence-electron chi connectivity index (χ2n) is 7.71. The standard InChI is InChI=1S/C23H31FN2O/c1-25(2)22-5-3-6-23(18-22)27-16-4-13-26-14-11-20(12-15-26)17-19-7-9-21(24)10-8-19/h3,5-10,18,20H,4,11-17H2,1-2H3. The van der Waals surface area contributed by atoms with Gasteiger partial charge in [-0.15, -0.1) is 0 Å². The van der Waals surface area contributed by atoms with Crippen molar-refractivity contribution < 1.29 is 9.13 Å². The van der Waals surface area contributed by atoms with Crippen LogP contribution < -0.4 is 9.64 Å². The van der Waals surface area contributed by atoms with E-state index in [0.717, 1.165) is 56.4 Å². The monoisotopic (exact) mass is 370 g/mol. The van der Waals surface area contributed by atoms with E-state index in [1.807, 2.05) is 38.4 Å². The summed E-state index contributed by atoms with van der Waals surface area (Å²) < 4.78 is 18.9. The Bertz CT molecular complexity index is 694. The minimum Gasteiger partial charge on any atom is -0.493 e. The number of likely N-dealkylation sites (tertiary alicyclic amines) is 1. The van der Waals surface area contributed by atoms with Gasteiger partial charge in [0.05, 0.1) is 6.61 Å². The largest absolute Gasteiger partial charge is 0.493 e. The van der Waals surface area contributed by atoms with Crippen molar-refractivity contribution in [3.63, 3.8) is 0 Å². The number of ether oxygens (including phenoxy) is 1. The van der Waals surface area contributed by atoms with Crippen LogP contribution in [0.5, 0.6) is 5.75 Å². The maximum Gasteiger partial charge on any atom is 0.123 e. The molecule has 0 N–H and O–H groups in total. The van der Waals surface area contributed by atoms with E-state index in [2.05, 4.69) is 21.9 Å². The summed E-state index contributed by atoms with van der Waals surface area (Å²) in [7, 11) is 4.08. The van der Waals surface area contributed by atoms with Crippen molar-refractivity contribution in [1.82, 2.24) is 4.90 Å². The molecule has 1 fully saturated rings. The molecular formula is C23H31FN2O. The van der Waals surface area contributed by atoms with Gasteiger partial charge >= 0.3 is 0 Å². The van der Waals surface area contributed by atoms with E-state index in [0.29, 0.717) is 0 Å². The van der Waals surface area contributed by atoms with Crippen molar-refractivity contribution >= 4 is 5.69 Å². The molecule has 1 saturated heterocycles. The van der Waals surface area contributed by atoms with Gasteiger partial charge in [0.1, 0.15) is 11.6 Å². The van der Waals surface area contributed by atoms with E-state index in [4.69, 9.17) is 4.74 Å². The summed E-state index contributed by atoms with van der Waals surface area (Å²) in [6, 6.07) is 15.2. The normalized spacial score (nSPS) is 15.7. The Hall–Kier alpha value is -2.07. The first kappa shape index (κ1) is 19.7. The molecule has 3 nitrogen and oxygen atoms in total. The highest BCUT2D eigenvalue weighted by Crippen LogP contribution is 2.22. The van der Waals surface area contributed by atoms with Gasteiger partial charge in [-0.2, -0.15) is 0 Å². The Morgan fingerprint density at radius 3 is 2.52 bits per heavy atom. The van der Waals surface area contributed by atoms with Gasteiger partial charge in [0.25, 0.3) is 0 Å². The van der Waals surface area contributed by atoms with Gasteiger partial charge in [-0.25, -0.2) is 4.39 Å². The van der Waals surface area contributed by atoms with Crippen LogP contribution in [0.4, 0.5) is 10.1 Å². The van der Waals surface area contributed by atoms with Crippen LogP contribution in [0.1, 0.15) is 24.8 Å². The van der Waals surface area contributed by atoms with Crippen molar-refractivity contribution in [2.75, 3.05) is 45.2 Å². The van der Waals surface area contributed by atoms with E-state index >= 15 is 0 Å². The van der Waals surface area contributed by atoms with Gasteiger partial charge in [-0.3, -0.25) is 0 Å². The van der Waals surface area contributed by atoms with E-state index in [1.165, 1.54) is 18.4 Å². The first-order valence-corrected chi connectivity index (χ1v) is 9.97. The smallest absolute Gasteiger partial charge is 0.123 e. The van der Waals surface area contributed by atoms with E-state index in [9.17, 15) is 4.39 Å². The molecule has 1 aliphatic heterocycles. The third-order valence-corrected chi connectivity index (χ3v) is 5.37. The Kier molecular flexibility index (Phi) is 7.11. The molecule has 27 heavy (non-hydrogen) atoms. The van der Waals surface area contributed by atoms with Crippen molar-refractivity contribution in [2.45, 2.75) is 25.7 Å². The van der Waals surface area contributed by atoms with Crippen LogP contribution in [0, 0.1) is 11.7 Å². The average Bonchev–Trinajstić information content (AvgIpc) is 2.68. The lowest BCUT2D eigenvalue weighted by molar-refractivity contribution is 0.170. The molecule has 0 aliphatic carbocycles. The second-order valence-corrected chi connectivity index (χ2v) is 7.71. The second kappa shape index (κ2) is 9.75. The molecule has 1 heterocycles. The number of nitrogens with zero attached hydrogens (tertiary/aromatic N) is 2. The third-order valence-electron chi connectivity index (χ3n) is 5.37. The van der Waals surface area contributed by atoms with Crippen LogP contribution >= 0.6 is 0 Å². The fraction of sp³-hybridized carbons (Fsp3) is 0.478. The number of halogens is 1. The molecule has 0 spiro atoms. The van der Waals surface area contributed by atoms with Crippen molar-refractivity contribution in [2.24, 2.45) is 5.92 Å². The highest BCUT2D eigenvalue weighted by molar-refractivity contribution is 5.49. The van der Waals surface area contributed by atoms with E-state index in [-0.39, 0.29) is 5.82 Å². The van der Waals surface area contributed by atoms with Gasteiger partial charge in [0, 0.05) is 32.4 Å². The Labute approximate surface area is 162 Å². The lowest BCUT2D eigenvalue weighted by Crippen LogP contribution is -2.35. The molecule has 1 aliphatic rings. The fourth-order valence-corrected chi connectivity index (χ4v) is 3.70. The van der Waals surface area contributed by atoms with Crippen LogP contribution in [0.25, 0.3) is 0 Å². The lowest BCUT2D eigenvalue weighted by atomic mass is 9.90. The highest BCUT2D eigenvalue weighted by Gasteiger charge is 2.19. The predicted molar refractivity (Wildman–Crippen MR) is 110 cm³/mol. The third kappa shape index (κ3) is 6.24. The molecular weight excluding hydrogens is 339 g/mol. The number of hydrogen-bond acceptors (Lipinski definition) is 3. The topological polar surface area (TPSA) is 15.7 Å². The van der Waals surface area contributed by atoms with Crippen LogP contribution in [-0.4, -0.2) is 45.2 Å². The molecule has 0 amide bonds. The van der Waals surface area contributed by atoms with Gasteiger partial charge in [0.2, 0.25) is 0 Å². The molecule has 0 saturated carbocycles. The molecule has 2 aromatic rings. The number of anilines is 1. The van der Waals surface area contributed by atoms with Crippen molar-refractivity contribution in [3.8, 4) is 5.75 Å². The van der Waals surface area contributed by atoms with Crippen LogP contribution in [-0.2, 0) is 6.42 Å². The fourth-order valence-electron chi connectivity index (χ4n) is 3.70. The van der Waals surface area contributed by atoms with E-state index in [1.54, 1.807) is 12.1 Å². The molecule has 0 atom stereocenters. The SMILES string of the molecule is CN(C)c1cccc(OCCCN2CCC(Cc3ccc(F)cc3)CC2)c1. The molecule has 146 valence electrons. The lowest BCUT2D eigenvalue weighted by Gasteiger charge is -2.32. The Morgan fingerprint density at radius 2 is 1.81 bits per heavy atom. The highest BCUT2D eigenvalue weighted by atomic mass is 19.1. The van der Waals surface area contributed by atoms with Gasteiger partial charge in [0.15, 0.2) is 0 Å². The molecule has 2 aromatic carbocycles. The van der Waals surface area contributed by atoms with Crippen molar-refractivity contribution in [3.05, 3.63) is 59.9 Å². The average molecular weight is 371 g/mol. The quantitative estimate of drug-likeness (QED) is 0.631. The Balaban J connectivity index is 1.33. The molecule has 3 rings (SSSR count). The summed E-state index contributed by atoms with van der Waals surface area (Å²) in [6.07, 6.45) is 4.57. The minimum atomic E-state index is -0.149. The summed E-state index contributed by atoms with van der Waals surface area (Å²) in [4.78, 5) is 4.63. The van der Waals surface area contributed by atoms with Crippen molar-refractivity contribution in [1.29, 1.82) is 0 Å². The molecule has 4 heteroatoms. The van der Waals surface area contributed by atoms with Crippen LogP contribution in [0.15, 0.2) is 48.5 Å². The van der Waals surface area contributed by atoms with E-state index < -0.39 is 0 Å². The minimum absolute atomic E-state index is 0.149. The first-order chi connectivity index (χ1) is 13.1. The zero-order valence-corrected chi connectivity index (χ0v) is 16.5. The molecule has 0 radical (unpaired) electrons. The summed E-state index contributed by atoms with van der Waals surface area (Å²) in [5, 5.41) is 0. The number of benzene rings is 2. The van der Waals surface area contributed by atoms with Crippen LogP contribution in [0.2, 0.25) is 0 Å². The summed E-state index contributed by atoms with van der Waals surface area (Å²) in [5.74, 6) is 1.51. The zero-order valence-electron chi connectivity index (χ0n) is 16.5. The van der Waals surface area contributed by atoms with Gasteiger partial charge in [-0.05, 0) is 74.5 Å². The zero-order chi connectivity index (χ0) is 19.1. The first-order valence-electron chi connectivity index (χ1n) is 9.97. The Morgan fingerprint density at radius 1 is 1.07 bits per heavy atom. The number of rotatable bonds is 8. The van der Waals surface area contributed by atoms with Crippen LogP contribution in [0.3, 0.4) is 0 Å². The van der Waals surface area contributed by atoms with Gasteiger partial charge in [-0.1, -0.05) is 18.2 Å². The summed E-state index contributed by atoms with van der Waals surface area (Å²) >= 11 is 0. The maximum absolute atomic E-state index is 13.0. The molecule has 0 aromatic heterocycles.